The fourth-order valence-corrected chi connectivity index (χ4v) is 4.29. The molecule has 1 heterocycles. The number of aliphatic hydroxyl groups excluding tert-OH is 10. The molecule has 1 aliphatic heterocycles. The van der Waals surface area contributed by atoms with Crippen LogP contribution in [0.2, 0.25) is 0 Å². The van der Waals surface area contributed by atoms with Crippen LogP contribution in [0.5, 0.6) is 0 Å². The van der Waals surface area contributed by atoms with Crippen LogP contribution in [0.3, 0.4) is 0 Å². The molecule has 2 rings (SSSR count). The molecule has 0 unspecified atom stereocenters. The predicted molar refractivity (Wildman–Crippen MR) is 153 cm³/mol. The molecule has 244 valence electrons. The Balaban J connectivity index is 2.30. The van der Waals surface area contributed by atoms with E-state index in [0.29, 0.717) is 29.4 Å². The van der Waals surface area contributed by atoms with Gasteiger partial charge in [-0.15, -0.1) is 0 Å². The highest BCUT2D eigenvalue weighted by molar-refractivity contribution is 6.03. The van der Waals surface area contributed by atoms with E-state index in [2.05, 4.69) is 26.4 Å². The molecule has 2 amide bonds. The SMILES string of the molecule is CC1=C(C(=O)N/N=C\[C@H](O)[C@@H](O)[C@H](O)[C@H](O)CO)C(c2ccccc2)C(C(=O)N/N=C\[C@H](O)[C@@H](O)[C@H](O)[C@H](O)CO)=C(C)N1. The molecule has 0 saturated heterocycles. The summed E-state index contributed by atoms with van der Waals surface area (Å²) in [6.45, 7) is 1.38. The Kier molecular flexibility index (Phi) is 14.1. The summed E-state index contributed by atoms with van der Waals surface area (Å²) in [5.41, 5.74) is 5.58. The second-order valence-electron chi connectivity index (χ2n) is 9.93. The Hall–Kier alpha value is -3.62. The third kappa shape index (κ3) is 9.19. The van der Waals surface area contributed by atoms with E-state index >= 15 is 0 Å². The van der Waals surface area contributed by atoms with E-state index in [1.807, 2.05) is 0 Å². The molecule has 0 fully saturated rings. The van der Waals surface area contributed by atoms with E-state index in [0.717, 1.165) is 0 Å². The lowest BCUT2D eigenvalue weighted by molar-refractivity contribution is -0.118. The zero-order chi connectivity index (χ0) is 33.1. The number of carbonyl (C=O) groups excluding carboxylic acids is 2. The van der Waals surface area contributed by atoms with Crippen molar-refractivity contribution in [3.63, 3.8) is 0 Å². The van der Waals surface area contributed by atoms with E-state index in [-0.39, 0.29) is 11.1 Å². The van der Waals surface area contributed by atoms with Gasteiger partial charge >= 0.3 is 0 Å². The lowest BCUT2D eigenvalue weighted by Crippen LogP contribution is -2.46. The van der Waals surface area contributed by atoms with Crippen LogP contribution in [-0.2, 0) is 9.59 Å². The average Bonchev–Trinajstić information content (AvgIpc) is 3.01. The molecule has 1 aromatic rings. The first kappa shape index (κ1) is 36.6. The quantitative estimate of drug-likeness (QED) is 0.0642. The summed E-state index contributed by atoms with van der Waals surface area (Å²) in [6.07, 6.45) is -13.5. The van der Waals surface area contributed by atoms with E-state index in [1.165, 1.54) is 0 Å². The Morgan fingerprint density at radius 1 is 0.727 bits per heavy atom. The molecule has 1 aliphatic rings. The molecule has 8 atom stereocenters. The van der Waals surface area contributed by atoms with Gasteiger partial charge in [-0.2, -0.15) is 10.2 Å². The number of aliphatic hydroxyl groups is 10. The largest absolute Gasteiger partial charge is 0.394 e. The van der Waals surface area contributed by atoms with Gasteiger partial charge in [0, 0.05) is 28.5 Å². The van der Waals surface area contributed by atoms with Gasteiger partial charge in [0.15, 0.2) is 0 Å². The van der Waals surface area contributed by atoms with Crippen LogP contribution in [-0.4, -0.2) is 137 Å². The van der Waals surface area contributed by atoms with Gasteiger partial charge in [-0.3, -0.25) is 9.59 Å². The van der Waals surface area contributed by atoms with Crippen molar-refractivity contribution in [3.8, 4) is 0 Å². The summed E-state index contributed by atoms with van der Waals surface area (Å²) in [5, 5.41) is 106. The summed E-state index contributed by atoms with van der Waals surface area (Å²) >= 11 is 0. The summed E-state index contributed by atoms with van der Waals surface area (Å²) in [7, 11) is 0. The number of amides is 2. The minimum absolute atomic E-state index is 0.0235. The van der Waals surface area contributed by atoms with Crippen LogP contribution < -0.4 is 16.2 Å². The first-order chi connectivity index (χ1) is 20.8. The maximum atomic E-state index is 13.3. The third-order valence-electron chi connectivity index (χ3n) is 6.73. The molecule has 0 radical (unpaired) electrons. The highest BCUT2D eigenvalue weighted by Gasteiger charge is 2.37. The molecule has 0 bridgehead atoms. The molecule has 1 aromatic carbocycles. The number of hydrogen-bond acceptors (Lipinski definition) is 15. The van der Waals surface area contributed by atoms with Crippen molar-refractivity contribution in [3.05, 3.63) is 58.4 Å². The highest BCUT2D eigenvalue weighted by Crippen LogP contribution is 2.38. The zero-order valence-electron chi connectivity index (χ0n) is 23.8. The highest BCUT2D eigenvalue weighted by atomic mass is 16.4. The predicted octanol–water partition coefficient (Wildman–Crippen LogP) is -5.00. The Labute approximate surface area is 251 Å². The number of dihydropyridines is 1. The van der Waals surface area contributed by atoms with Crippen LogP contribution in [0.1, 0.15) is 25.3 Å². The summed E-state index contributed by atoms with van der Waals surface area (Å²) < 4.78 is 0. The van der Waals surface area contributed by atoms with Gasteiger partial charge in [0.1, 0.15) is 48.8 Å². The topological polar surface area (TPSA) is 297 Å². The first-order valence-electron chi connectivity index (χ1n) is 13.3. The van der Waals surface area contributed by atoms with Crippen LogP contribution in [0.25, 0.3) is 0 Å². The molecular formula is C27H39N5O12. The van der Waals surface area contributed by atoms with Crippen molar-refractivity contribution >= 4 is 24.2 Å². The molecule has 0 aliphatic carbocycles. The van der Waals surface area contributed by atoms with E-state index in [1.54, 1.807) is 44.2 Å². The fraction of sp³-hybridized carbons (Fsp3) is 0.481. The molecule has 0 spiro atoms. The molecule has 17 heteroatoms. The molecule has 13 N–H and O–H groups in total. The van der Waals surface area contributed by atoms with Gasteiger partial charge in [0.05, 0.1) is 25.6 Å². The summed E-state index contributed by atoms with van der Waals surface area (Å²) in [6, 6.07) is 8.39. The Morgan fingerprint density at radius 3 is 1.48 bits per heavy atom. The minimum Gasteiger partial charge on any atom is -0.394 e. The van der Waals surface area contributed by atoms with Crippen LogP contribution in [0.15, 0.2) is 63.1 Å². The van der Waals surface area contributed by atoms with Crippen molar-refractivity contribution in [2.24, 2.45) is 10.2 Å². The molecule has 44 heavy (non-hydrogen) atoms. The lowest BCUT2D eigenvalue weighted by Gasteiger charge is -2.30. The molecule has 17 nitrogen and oxygen atoms in total. The Morgan fingerprint density at radius 2 is 1.11 bits per heavy atom. The number of benzene rings is 1. The number of nitrogens with zero attached hydrogens (tertiary/aromatic N) is 2. The average molecular weight is 626 g/mol. The standard InChI is InChI=1S/C27H39N5O12/c1-12-19(26(43)31-28-8-15(35)22(39)24(41)17(37)10-33)21(14-6-4-3-5-7-14)20(13(2)30-12)27(44)32-29-9-16(36)23(40)25(42)18(38)11-34/h3-9,15-18,21-25,30,33-42H,10-11H2,1-2H3,(H,31,43)(H,32,44)/b28-8-,29-9-/t15-,16-,17+,18+,22+,23+,24+,25+/m0/s1. The number of rotatable bonds is 15. The maximum Gasteiger partial charge on any atom is 0.270 e. The number of hydrazone groups is 2. The van der Waals surface area contributed by atoms with Gasteiger partial charge in [-0.1, -0.05) is 30.3 Å². The van der Waals surface area contributed by atoms with Crippen molar-refractivity contribution < 1.29 is 60.7 Å². The first-order valence-corrected chi connectivity index (χ1v) is 13.3. The number of hydrogen-bond donors (Lipinski definition) is 13. The molecule has 0 saturated carbocycles. The van der Waals surface area contributed by atoms with Gasteiger partial charge in [0.2, 0.25) is 0 Å². The smallest absolute Gasteiger partial charge is 0.270 e. The number of nitrogens with one attached hydrogen (secondary N) is 3. The van der Waals surface area contributed by atoms with E-state index in [4.69, 9.17) is 10.2 Å². The van der Waals surface area contributed by atoms with E-state index in [9.17, 15) is 50.4 Å². The second kappa shape index (κ2) is 17.0. The maximum absolute atomic E-state index is 13.3. The van der Waals surface area contributed by atoms with Gasteiger partial charge < -0.3 is 56.4 Å². The zero-order valence-corrected chi connectivity index (χ0v) is 23.8. The number of allylic oxidation sites excluding steroid dienone is 2. The van der Waals surface area contributed by atoms with Crippen molar-refractivity contribution in [1.29, 1.82) is 0 Å². The second-order valence-corrected chi connectivity index (χ2v) is 9.93. The Bertz CT molecular complexity index is 1170. The normalized spacial score (nSPS) is 20.1. The fourth-order valence-electron chi connectivity index (χ4n) is 4.29. The monoisotopic (exact) mass is 625 g/mol. The van der Waals surface area contributed by atoms with E-state index < -0.39 is 79.8 Å². The third-order valence-corrected chi connectivity index (χ3v) is 6.73. The number of carbonyl (C=O) groups is 2. The lowest BCUT2D eigenvalue weighted by atomic mass is 9.80. The summed E-state index contributed by atoms with van der Waals surface area (Å²) in [5.74, 6) is -2.65. The minimum atomic E-state index is -1.95. The molecule has 0 aromatic heterocycles. The van der Waals surface area contributed by atoms with Crippen molar-refractivity contribution in [2.45, 2.75) is 68.6 Å². The summed E-state index contributed by atoms with van der Waals surface area (Å²) in [4.78, 5) is 26.7. The van der Waals surface area contributed by atoms with Gasteiger partial charge in [0.25, 0.3) is 11.8 Å². The van der Waals surface area contributed by atoms with Crippen LogP contribution >= 0.6 is 0 Å². The van der Waals surface area contributed by atoms with Crippen molar-refractivity contribution in [1.82, 2.24) is 16.2 Å². The molecular weight excluding hydrogens is 586 g/mol. The van der Waals surface area contributed by atoms with Gasteiger partial charge in [-0.05, 0) is 19.4 Å². The van der Waals surface area contributed by atoms with Crippen LogP contribution in [0, 0.1) is 0 Å². The van der Waals surface area contributed by atoms with Crippen molar-refractivity contribution in [2.75, 3.05) is 13.2 Å². The van der Waals surface area contributed by atoms with Crippen LogP contribution in [0.4, 0.5) is 0 Å². The van der Waals surface area contributed by atoms with Gasteiger partial charge in [-0.25, -0.2) is 10.9 Å².